The van der Waals surface area contributed by atoms with E-state index >= 15 is 0 Å². The van der Waals surface area contributed by atoms with Gasteiger partial charge in [-0.15, -0.1) is 0 Å². The first-order valence-electron chi connectivity index (χ1n) is 10.9. The fourth-order valence-electron chi connectivity index (χ4n) is 3.04. The van der Waals surface area contributed by atoms with E-state index in [0.29, 0.717) is 6.54 Å². The largest absolute Gasteiger partial charge is 0.444 e. The standard InChI is InChI=1S/C24H39N3O4/c1-9-10-14-27(19(28)16-25-22(30)31-24(6,7)8)20(21(29)26-23(3,4)5)18-13-11-12-17(2)15-18/h11-13,15,20H,9-10,14,16H2,1-8H3,(H,25,30)(H,26,29). The molecule has 0 aliphatic heterocycles. The topological polar surface area (TPSA) is 87.7 Å². The molecule has 0 fully saturated rings. The molecule has 7 heteroatoms. The predicted octanol–water partition coefficient (Wildman–Crippen LogP) is 4.10. The van der Waals surface area contributed by atoms with Crippen LogP contribution < -0.4 is 10.6 Å². The minimum Gasteiger partial charge on any atom is -0.444 e. The Morgan fingerprint density at radius 1 is 1.10 bits per heavy atom. The molecule has 1 aromatic carbocycles. The van der Waals surface area contributed by atoms with Gasteiger partial charge in [0.05, 0.1) is 0 Å². The van der Waals surface area contributed by atoms with E-state index < -0.39 is 23.3 Å². The van der Waals surface area contributed by atoms with Crippen LogP contribution in [0.5, 0.6) is 0 Å². The molecule has 0 saturated carbocycles. The molecule has 0 aliphatic rings. The van der Waals surface area contributed by atoms with E-state index in [1.165, 1.54) is 0 Å². The van der Waals surface area contributed by atoms with Crippen LogP contribution in [0.25, 0.3) is 0 Å². The number of hydrogen-bond acceptors (Lipinski definition) is 4. The monoisotopic (exact) mass is 433 g/mol. The van der Waals surface area contributed by atoms with Gasteiger partial charge in [-0.2, -0.15) is 0 Å². The summed E-state index contributed by atoms with van der Waals surface area (Å²) in [6.07, 6.45) is 0.941. The summed E-state index contributed by atoms with van der Waals surface area (Å²) in [6.45, 7) is 15.1. The summed E-state index contributed by atoms with van der Waals surface area (Å²) < 4.78 is 5.22. The van der Waals surface area contributed by atoms with Crippen molar-refractivity contribution in [3.63, 3.8) is 0 Å². The molecule has 1 rings (SSSR count). The summed E-state index contributed by atoms with van der Waals surface area (Å²) in [7, 11) is 0. The molecule has 0 radical (unpaired) electrons. The highest BCUT2D eigenvalue weighted by molar-refractivity contribution is 5.90. The fraction of sp³-hybridized carbons (Fsp3) is 0.625. The third kappa shape index (κ3) is 9.85. The quantitative estimate of drug-likeness (QED) is 0.646. The second-order valence-corrected chi connectivity index (χ2v) is 9.85. The van der Waals surface area contributed by atoms with Gasteiger partial charge in [-0.05, 0) is 60.5 Å². The molecule has 0 heterocycles. The lowest BCUT2D eigenvalue weighted by Crippen LogP contribution is -2.51. The molecule has 0 aliphatic carbocycles. The van der Waals surface area contributed by atoms with E-state index in [0.717, 1.165) is 24.0 Å². The number of nitrogens with one attached hydrogen (secondary N) is 2. The van der Waals surface area contributed by atoms with Crippen molar-refractivity contribution in [2.45, 2.75) is 85.4 Å². The van der Waals surface area contributed by atoms with Crippen LogP contribution in [0.15, 0.2) is 24.3 Å². The van der Waals surface area contributed by atoms with Crippen LogP contribution >= 0.6 is 0 Å². The summed E-state index contributed by atoms with van der Waals surface area (Å²) >= 11 is 0. The van der Waals surface area contributed by atoms with Crippen LogP contribution in [0.3, 0.4) is 0 Å². The Balaban J connectivity index is 3.19. The van der Waals surface area contributed by atoms with E-state index in [1.54, 1.807) is 25.7 Å². The number of ether oxygens (including phenoxy) is 1. The third-order valence-corrected chi connectivity index (χ3v) is 4.27. The number of aryl methyl sites for hydroxylation is 1. The van der Waals surface area contributed by atoms with E-state index in [-0.39, 0.29) is 18.4 Å². The Labute approximate surface area is 186 Å². The van der Waals surface area contributed by atoms with Crippen molar-refractivity contribution in [1.29, 1.82) is 0 Å². The second-order valence-electron chi connectivity index (χ2n) is 9.85. The first-order valence-corrected chi connectivity index (χ1v) is 10.9. The highest BCUT2D eigenvalue weighted by Gasteiger charge is 2.33. The maximum Gasteiger partial charge on any atom is 0.408 e. The Bertz CT molecular complexity index is 763. The SMILES string of the molecule is CCCCN(C(=O)CNC(=O)OC(C)(C)C)C(C(=O)NC(C)(C)C)c1cccc(C)c1. The molecule has 0 spiro atoms. The molecule has 1 unspecified atom stereocenters. The molecule has 174 valence electrons. The molecule has 7 nitrogen and oxygen atoms in total. The van der Waals surface area contributed by atoms with Crippen molar-refractivity contribution < 1.29 is 19.1 Å². The zero-order chi connectivity index (χ0) is 23.8. The van der Waals surface area contributed by atoms with Crippen molar-refractivity contribution in [3.8, 4) is 0 Å². The van der Waals surface area contributed by atoms with Gasteiger partial charge in [0.15, 0.2) is 0 Å². The Kier molecular flexibility index (Phi) is 9.53. The zero-order valence-electron chi connectivity index (χ0n) is 20.3. The van der Waals surface area contributed by atoms with Crippen molar-refractivity contribution in [2.75, 3.05) is 13.1 Å². The van der Waals surface area contributed by atoms with Crippen LogP contribution in [-0.2, 0) is 14.3 Å². The summed E-state index contributed by atoms with van der Waals surface area (Å²) in [5, 5.41) is 5.52. The lowest BCUT2D eigenvalue weighted by molar-refractivity contribution is -0.141. The minimum atomic E-state index is -0.793. The number of hydrogen-bond donors (Lipinski definition) is 2. The van der Waals surface area contributed by atoms with Gasteiger partial charge in [0, 0.05) is 12.1 Å². The predicted molar refractivity (Wildman–Crippen MR) is 123 cm³/mol. The van der Waals surface area contributed by atoms with Gasteiger partial charge in [0.1, 0.15) is 18.2 Å². The maximum atomic E-state index is 13.3. The maximum absolute atomic E-state index is 13.3. The van der Waals surface area contributed by atoms with Gasteiger partial charge in [-0.25, -0.2) is 4.79 Å². The minimum absolute atomic E-state index is 0.246. The van der Waals surface area contributed by atoms with Gasteiger partial charge < -0.3 is 20.3 Å². The third-order valence-electron chi connectivity index (χ3n) is 4.27. The highest BCUT2D eigenvalue weighted by atomic mass is 16.6. The number of carbonyl (C=O) groups is 3. The van der Waals surface area contributed by atoms with E-state index in [4.69, 9.17) is 4.74 Å². The number of benzene rings is 1. The second kappa shape index (κ2) is 11.2. The summed E-state index contributed by atoms with van der Waals surface area (Å²) in [4.78, 5) is 40.0. The number of amides is 3. The molecule has 31 heavy (non-hydrogen) atoms. The van der Waals surface area contributed by atoms with Crippen LogP contribution in [0.2, 0.25) is 0 Å². The first-order chi connectivity index (χ1) is 14.2. The average Bonchev–Trinajstić information content (AvgIpc) is 2.60. The van der Waals surface area contributed by atoms with Crippen molar-refractivity contribution in [2.24, 2.45) is 0 Å². The van der Waals surface area contributed by atoms with E-state index in [2.05, 4.69) is 10.6 Å². The van der Waals surface area contributed by atoms with Crippen molar-refractivity contribution >= 4 is 17.9 Å². The number of rotatable bonds is 8. The smallest absolute Gasteiger partial charge is 0.408 e. The lowest BCUT2D eigenvalue weighted by Gasteiger charge is -2.34. The summed E-state index contributed by atoms with van der Waals surface area (Å²) in [5.74, 6) is -0.588. The van der Waals surface area contributed by atoms with Crippen LogP contribution in [0, 0.1) is 6.92 Å². The molecular formula is C24H39N3O4. The lowest BCUT2D eigenvalue weighted by atomic mass is 9.99. The molecule has 2 N–H and O–H groups in total. The van der Waals surface area contributed by atoms with Gasteiger partial charge in [-0.1, -0.05) is 43.2 Å². The number of nitrogens with zero attached hydrogens (tertiary/aromatic N) is 1. The Hall–Kier alpha value is -2.57. The van der Waals surface area contributed by atoms with Crippen LogP contribution in [0.4, 0.5) is 4.79 Å². The van der Waals surface area contributed by atoms with Gasteiger partial charge in [0.25, 0.3) is 0 Å². The normalized spacial score (nSPS) is 12.6. The van der Waals surface area contributed by atoms with Crippen LogP contribution in [-0.4, -0.2) is 47.0 Å². The first kappa shape index (κ1) is 26.5. The van der Waals surface area contributed by atoms with E-state index in [9.17, 15) is 14.4 Å². The summed E-state index contributed by atoms with van der Waals surface area (Å²) in [5.41, 5.74) is 0.628. The Morgan fingerprint density at radius 3 is 2.26 bits per heavy atom. The van der Waals surface area contributed by atoms with Crippen LogP contribution in [0.1, 0.15) is 78.5 Å². The average molecular weight is 434 g/mol. The Morgan fingerprint density at radius 2 is 1.74 bits per heavy atom. The highest BCUT2D eigenvalue weighted by Crippen LogP contribution is 2.24. The molecule has 1 atom stereocenters. The van der Waals surface area contributed by atoms with Gasteiger partial charge in [0.2, 0.25) is 11.8 Å². The number of carbonyl (C=O) groups excluding carboxylic acids is 3. The van der Waals surface area contributed by atoms with Gasteiger partial charge >= 0.3 is 6.09 Å². The summed E-state index contributed by atoms with van der Waals surface area (Å²) in [6, 6.07) is 6.81. The molecule has 3 amide bonds. The van der Waals surface area contributed by atoms with Gasteiger partial charge in [-0.3, -0.25) is 9.59 Å². The molecule has 0 bridgehead atoms. The molecule has 0 saturated heterocycles. The molecular weight excluding hydrogens is 394 g/mol. The van der Waals surface area contributed by atoms with Crippen molar-refractivity contribution in [3.05, 3.63) is 35.4 Å². The zero-order valence-corrected chi connectivity index (χ0v) is 20.3. The fourth-order valence-corrected chi connectivity index (χ4v) is 3.04. The molecule has 1 aromatic rings. The van der Waals surface area contributed by atoms with E-state index in [1.807, 2.05) is 58.9 Å². The van der Waals surface area contributed by atoms with Crippen molar-refractivity contribution in [1.82, 2.24) is 15.5 Å². The molecule has 0 aromatic heterocycles. The number of unbranched alkanes of at least 4 members (excludes halogenated alkanes) is 1. The number of alkyl carbamates (subject to hydrolysis) is 1.